The maximum Gasteiger partial charge on any atom is 0.191 e. The Morgan fingerprint density at radius 2 is 2.00 bits per heavy atom. The zero-order chi connectivity index (χ0) is 19.6. The molecule has 1 saturated heterocycles. The van der Waals surface area contributed by atoms with Crippen LogP contribution in [-0.4, -0.2) is 48.1 Å². The topological polar surface area (TPSA) is 52.5 Å². The zero-order valence-electron chi connectivity index (χ0n) is 17.2. The van der Waals surface area contributed by atoms with Crippen molar-refractivity contribution in [2.24, 2.45) is 4.99 Å². The first kappa shape index (κ1) is 20.3. The van der Waals surface area contributed by atoms with E-state index in [1.807, 2.05) is 24.4 Å². The van der Waals surface area contributed by atoms with Gasteiger partial charge in [0.1, 0.15) is 0 Å². The maximum absolute atomic E-state index is 4.83. The minimum Gasteiger partial charge on any atom is -0.357 e. The molecule has 0 saturated carbocycles. The number of guanidine groups is 1. The summed E-state index contributed by atoms with van der Waals surface area (Å²) in [6, 6.07) is 15.0. The number of pyridine rings is 1. The second-order valence-corrected chi connectivity index (χ2v) is 7.37. The van der Waals surface area contributed by atoms with E-state index in [2.05, 4.69) is 58.6 Å². The third kappa shape index (κ3) is 6.06. The lowest BCUT2D eigenvalue weighted by Gasteiger charge is -2.32. The van der Waals surface area contributed by atoms with Crippen molar-refractivity contribution >= 4 is 5.96 Å². The van der Waals surface area contributed by atoms with Crippen molar-refractivity contribution < 1.29 is 0 Å². The Labute approximate surface area is 169 Å². The van der Waals surface area contributed by atoms with Gasteiger partial charge in [0, 0.05) is 37.4 Å². The van der Waals surface area contributed by atoms with E-state index in [9.17, 15) is 0 Å². The van der Waals surface area contributed by atoms with E-state index in [1.54, 1.807) is 0 Å². The third-order valence-corrected chi connectivity index (χ3v) is 5.12. The molecule has 1 aromatic heterocycles. The fourth-order valence-electron chi connectivity index (χ4n) is 3.66. The fourth-order valence-corrected chi connectivity index (χ4v) is 3.66. The highest BCUT2D eigenvalue weighted by molar-refractivity contribution is 5.80. The largest absolute Gasteiger partial charge is 0.357 e. The van der Waals surface area contributed by atoms with Gasteiger partial charge in [-0.3, -0.25) is 4.98 Å². The van der Waals surface area contributed by atoms with Crippen molar-refractivity contribution in [1.29, 1.82) is 0 Å². The van der Waals surface area contributed by atoms with Gasteiger partial charge in [-0.15, -0.1) is 0 Å². The van der Waals surface area contributed by atoms with E-state index in [0.717, 1.165) is 23.8 Å². The maximum atomic E-state index is 4.83. The third-order valence-electron chi connectivity index (χ3n) is 5.12. The molecule has 0 radical (unpaired) electrons. The average Bonchev–Trinajstić information content (AvgIpc) is 2.75. The molecule has 1 fully saturated rings. The monoisotopic (exact) mass is 379 g/mol. The highest BCUT2D eigenvalue weighted by atomic mass is 15.2. The molecule has 0 atom stereocenters. The summed E-state index contributed by atoms with van der Waals surface area (Å²) in [4.78, 5) is 11.8. The highest BCUT2D eigenvalue weighted by Crippen LogP contribution is 2.18. The van der Waals surface area contributed by atoms with E-state index in [0.29, 0.717) is 12.6 Å². The summed E-state index contributed by atoms with van der Waals surface area (Å²) in [7, 11) is 0. The number of hydrogen-bond acceptors (Lipinski definition) is 3. The number of aromatic nitrogens is 1. The first-order valence-corrected chi connectivity index (χ1v) is 10.6. The van der Waals surface area contributed by atoms with Crippen LogP contribution in [0.4, 0.5) is 0 Å². The number of nitrogens with one attached hydrogen (secondary N) is 2. The molecule has 150 valence electrons. The van der Waals surface area contributed by atoms with E-state index < -0.39 is 0 Å². The summed E-state index contributed by atoms with van der Waals surface area (Å²) < 4.78 is 0. The molecule has 1 aromatic carbocycles. The van der Waals surface area contributed by atoms with Crippen LogP contribution in [0.15, 0.2) is 53.7 Å². The lowest BCUT2D eigenvalue weighted by molar-refractivity contribution is 0.206. The lowest BCUT2D eigenvalue weighted by atomic mass is 10.1. The van der Waals surface area contributed by atoms with Crippen LogP contribution in [0.1, 0.15) is 38.7 Å². The van der Waals surface area contributed by atoms with Crippen molar-refractivity contribution in [3.05, 3.63) is 54.2 Å². The molecule has 0 spiro atoms. The summed E-state index contributed by atoms with van der Waals surface area (Å²) in [5.41, 5.74) is 3.32. The number of benzene rings is 1. The summed E-state index contributed by atoms with van der Waals surface area (Å²) in [6.45, 7) is 9.46. The number of hydrogen-bond donors (Lipinski definition) is 2. The second-order valence-electron chi connectivity index (χ2n) is 7.37. The van der Waals surface area contributed by atoms with Crippen LogP contribution < -0.4 is 10.6 Å². The molecule has 5 heteroatoms. The van der Waals surface area contributed by atoms with E-state index >= 15 is 0 Å². The lowest BCUT2D eigenvalue weighted by Crippen LogP contribution is -2.48. The summed E-state index contributed by atoms with van der Waals surface area (Å²) in [5, 5.41) is 7.03. The quantitative estimate of drug-likeness (QED) is 0.569. The van der Waals surface area contributed by atoms with Crippen molar-refractivity contribution in [3.8, 4) is 11.3 Å². The molecule has 28 heavy (non-hydrogen) atoms. The molecule has 1 aliphatic rings. The molecule has 0 aliphatic carbocycles. The van der Waals surface area contributed by atoms with Gasteiger partial charge in [0.25, 0.3) is 0 Å². The van der Waals surface area contributed by atoms with Gasteiger partial charge in [-0.25, -0.2) is 4.99 Å². The number of piperidine rings is 1. The molecular weight excluding hydrogens is 346 g/mol. The van der Waals surface area contributed by atoms with Crippen molar-refractivity contribution in [1.82, 2.24) is 20.5 Å². The molecule has 0 amide bonds. The average molecular weight is 380 g/mol. The van der Waals surface area contributed by atoms with Gasteiger partial charge in [-0.05, 0) is 56.5 Å². The second kappa shape index (κ2) is 10.8. The number of nitrogens with zero attached hydrogens (tertiary/aromatic N) is 3. The molecule has 0 bridgehead atoms. The van der Waals surface area contributed by atoms with Gasteiger partial charge >= 0.3 is 0 Å². The van der Waals surface area contributed by atoms with Crippen LogP contribution in [0.2, 0.25) is 0 Å². The molecule has 2 heterocycles. The van der Waals surface area contributed by atoms with Gasteiger partial charge in [-0.2, -0.15) is 0 Å². The van der Waals surface area contributed by atoms with Crippen LogP contribution in [-0.2, 0) is 6.54 Å². The predicted molar refractivity (Wildman–Crippen MR) is 117 cm³/mol. The van der Waals surface area contributed by atoms with Gasteiger partial charge in [0.05, 0.1) is 12.2 Å². The normalized spacial score (nSPS) is 16.1. The Morgan fingerprint density at radius 3 is 2.71 bits per heavy atom. The summed E-state index contributed by atoms with van der Waals surface area (Å²) in [6.07, 6.45) is 5.43. The fraction of sp³-hybridized carbons (Fsp3) is 0.478. The van der Waals surface area contributed by atoms with E-state index in [4.69, 9.17) is 4.99 Å². The Hall–Kier alpha value is -2.40. The smallest absolute Gasteiger partial charge is 0.191 e. The van der Waals surface area contributed by atoms with Gasteiger partial charge in [-0.1, -0.05) is 31.2 Å². The minimum absolute atomic E-state index is 0.505. The van der Waals surface area contributed by atoms with Crippen LogP contribution >= 0.6 is 0 Å². The van der Waals surface area contributed by atoms with Gasteiger partial charge in [0.15, 0.2) is 5.96 Å². The van der Waals surface area contributed by atoms with Crippen LogP contribution in [0.3, 0.4) is 0 Å². The predicted octanol–water partition coefficient (Wildman–Crippen LogP) is 3.68. The van der Waals surface area contributed by atoms with Gasteiger partial charge in [0.2, 0.25) is 0 Å². The van der Waals surface area contributed by atoms with Crippen molar-refractivity contribution in [2.75, 3.05) is 26.2 Å². The number of aliphatic imine (C=N–C) groups is 1. The SMILES string of the molecule is CCCN1CCC(NC(=NCc2cccc(-c3ccccn3)c2)NCC)CC1. The summed E-state index contributed by atoms with van der Waals surface area (Å²) in [5.74, 6) is 0.916. The first-order valence-electron chi connectivity index (χ1n) is 10.6. The van der Waals surface area contributed by atoms with E-state index in [-0.39, 0.29) is 0 Å². The van der Waals surface area contributed by atoms with Crippen LogP contribution in [0, 0.1) is 0 Å². The Bertz CT molecular complexity index is 736. The Kier molecular flexibility index (Phi) is 7.85. The zero-order valence-corrected chi connectivity index (χ0v) is 17.2. The first-order chi connectivity index (χ1) is 13.8. The summed E-state index contributed by atoms with van der Waals surface area (Å²) >= 11 is 0. The number of rotatable bonds is 7. The van der Waals surface area contributed by atoms with Crippen LogP contribution in [0.25, 0.3) is 11.3 Å². The minimum atomic E-state index is 0.505. The Morgan fingerprint density at radius 1 is 1.14 bits per heavy atom. The molecule has 3 rings (SSSR count). The van der Waals surface area contributed by atoms with E-state index in [1.165, 1.54) is 44.5 Å². The molecule has 1 aliphatic heterocycles. The Balaban J connectivity index is 1.60. The van der Waals surface area contributed by atoms with Crippen molar-refractivity contribution in [2.45, 2.75) is 45.7 Å². The molecule has 2 N–H and O–H groups in total. The number of likely N-dealkylation sites (tertiary alicyclic amines) is 1. The molecule has 0 unspecified atom stereocenters. The molecular formula is C23H33N5. The molecule has 2 aromatic rings. The standard InChI is InChI=1S/C23H33N5/c1-3-14-28-15-11-21(12-16-28)27-23(24-4-2)26-18-19-8-7-9-20(17-19)22-10-5-6-13-25-22/h5-10,13,17,21H,3-4,11-12,14-16,18H2,1-2H3,(H2,24,26,27). The van der Waals surface area contributed by atoms with Gasteiger partial charge < -0.3 is 15.5 Å². The highest BCUT2D eigenvalue weighted by Gasteiger charge is 2.19. The molecule has 5 nitrogen and oxygen atoms in total. The van der Waals surface area contributed by atoms with Crippen LogP contribution in [0.5, 0.6) is 0 Å². The van der Waals surface area contributed by atoms with Crippen molar-refractivity contribution in [3.63, 3.8) is 0 Å².